The number of nitrogens with zero attached hydrogens (tertiary/aromatic N) is 2. The van der Waals surface area contributed by atoms with Gasteiger partial charge < -0.3 is 7.43 Å². The molecule has 0 radical (unpaired) electrons. The van der Waals surface area contributed by atoms with Crippen molar-refractivity contribution in [3.63, 3.8) is 0 Å². The van der Waals surface area contributed by atoms with Crippen molar-refractivity contribution in [3.05, 3.63) is 66.1 Å². The number of rotatable bonds is 7. The molecule has 0 spiro atoms. The van der Waals surface area contributed by atoms with Gasteiger partial charge in [-0.3, -0.25) is 9.98 Å². The Kier molecular flexibility index (Phi) is 12.1. The first-order valence-electron chi connectivity index (χ1n) is 10.6. The van der Waals surface area contributed by atoms with Crippen LogP contribution in [-0.2, 0) is 16.5 Å². The minimum absolute atomic E-state index is 0. The Balaban J connectivity index is 0.00000420. The summed E-state index contributed by atoms with van der Waals surface area (Å²) in [6, 6.07) is 13.0. The number of hydrogen-bond donors (Lipinski definition) is 0. The average Bonchev–Trinajstić information content (AvgIpc) is 2.64. The van der Waals surface area contributed by atoms with Gasteiger partial charge in [0.25, 0.3) is 0 Å². The fourth-order valence-corrected chi connectivity index (χ4v) is 3.54. The van der Waals surface area contributed by atoms with Crippen molar-refractivity contribution in [2.45, 2.75) is 79.1 Å². The SMILES string of the molecule is CC(C)c1cccc(C(C)C)c1N=CC=Nc1c(C(C)C)cccc1C(C)C.[CH3-].[NiH]. The third-order valence-electron chi connectivity index (χ3n) is 5.16. The summed E-state index contributed by atoms with van der Waals surface area (Å²) in [5, 5.41) is 0. The Hall–Kier alpha value is -1.73. The van der Waals surface area contributed by atoms with Crippen molar-refractivity contribution < 1.29 is 16.5 Å². The van der Waals surface area contributed by atoms with Gasteiger partial charge >= 0.3 is 16.5 Å². The topological polar surface area (TPSA) is 24.7 Å². The molecule has 0 N–H and O–H groups in total. The van der Waals surface area contributed by atoms with Crippen molar-refractivity contribution >= 4 is 23.8 Å². The van der Waals surface area contributed by atoms with Crippen LogP contribution in [0.3, 0.4) is 0 Å². The average molecular weight is 451 g/mol. The van der Waals surface area contributed by atoms with Crippen LogP contribution in [0.4, 0.5) is 11.4 Å². The third kappa shape index (κ3) is 6.91. The summed E-state index contributed by atoms with van der Waals surface area (Å²) < 4.78 is 0. The standard InChI is InChI=1S/C26H36N2.CH3.Ni.H/c1-17(2)21-11-9-12-22(18(3)4)25(21)27-15-16-28-26-23(19(5)6)13-10-14-24(26)20(7)8;;;/h9-20H,1-8H3;1H3;;/q;-1;;. The van der Waals surface area contributed by atoms with Crippen LogP contribution < -0.4 is 0 Å². The molecule has 0 fully saturated rings. The molecular weight excluding hydrogens is 411 g/mol. The number of aliphatic imine (C=N–C) groups is 2. The zero-order valence-electron chi connectivity index (χ0n) is 20.2. The normalized spacial score (nSPS) is 11.7. The van der Waals surface area contributed by atoms with Crippen molar-refractivity contribution in [2.75, 3.05) is 0 Å². The van der Waals surface area contributed by atoms with Crippen molar-refractivity contribution in [1.82, 2.24) is 0 Å². The van der Waals surface area contributed by atoms with Crippen molar-refractivity contribution in [3.8, 4) is 0 Å². The fourth-order valence-electron chi connectivity index (χ4n) is 3.54. The second-order valence-corrected chi connectivity index (χ2v) is 8.75. The predicted molar refractivity (Wildman–Crippen MR) is 133 cm³/mol. The Labute approximate surface area is 195 Å². The van der Waals surface area contributed by atoms with Crippen LogP contribution in [0, 0.1) is 7.43 Å². The van der Waals surface area contributed by atoms with Gasteiger partial charge in [0.15, 0.2) is 0 Å². The second-order valence-electron chi connectivity index (χ2n) is 8.75. The van der Waals surface area contributed by atoms with E-state index < -0.39 is 0 Å². The van der Waals surface area contributed by atoms with E-state index in [2.05, 4.69) is 91.8 Å². The summed E-state index contributed by atoms with van der Waals surface area (Å²) in [6.45, 7) is 17.8. The first-order valence-corrected chi connectivity index (χ1v) is 10.6. The molecule has 169 valence electrons. The fraction of sp³-hybridized carbons (Fsp3) is 0.444. The van der Waals surface area contributed by atoms with E-state index in [-0.39, 0.29) is 23.9 Å². The molecule has 30 heavy (non-hydrogen) atoms. The van der Waals surface area contributed by atoms with Crippen LogP contribution in [0.15, 0.2) is 46.4 Å². The van der Waals surface area contributed by atoms with Crippen molar-refractivity contribution in [1.29, 1.82) is 0 Å². The van der Waals surface area contributed by atoms with Crippen LogP contribution in [0.25, 0.3) is 0 Å². The number of hydrogen-bond acceptors (Lipinski definition) is 2. The van der Waals surface area contributed by atoms with E-state index in [1.165, 1.54) is 22.3 Å². The Morgan fingerprint density at radius 3 is 0.967 bits per heavy atom. The van der Waals surface area contributed by atoms with Crippen LogP contribution >= 0.6 is 0 Å². The van der Waals surface area contributed by atoms with E-state index in [1.54, 1.807) is 0 Å². The summed E-state index contributed by atoms with van der Waals surface area (Å²) in [5.41, 5.74) is 7.37. The molecule has 0 heterocycles. The summed E-state index contributed by atoms with van der Waals surface area (Å²) in [4.78, 5) is 9.68. The van der Waals surface area contributed by atoms with Gasteiger partial charge in [-0.05, 0) is 45.9 Å². The van der Waals surface area contributed by atoms with Crippen LogP contribution in [-0.4, -0.2) is 12.4 Å². The summed E-state index contributed by atoms with van der Waals surface area (Å²) in [5.74, 6) is 1.77. The summed E-state index contributed by atoms with van der Waals surface area (Å²) in [6.07, 6.45) is 3.71. The third-order valence-corrected chi connectivity index (χ3v) is 5.16. The molecule has 2 aromatic carbocycles. The molecule has 2 nitrogen and oxygen atoms in total. The first-order chi connectivity index (χ1) is 13.2. The molecule has 0 bridgehead atoms. The van der Waals surface area contributed by atoms with Gasteiger partial charge in [0.05, 0.1) is 11.4 Å². The maximum atomic E-state index is 4.84. The minimum atomic E-state index is 0. The van der Waals surface area contributed by atoms with Crippen LogP contribution in [0.1, 0.15) is 101 Å². The van der Waals surface area contributed by atoms with Gasteiger partial charge in [-0.2, -0.15) is 0 Å². The molecule has 0 amide bonds. The molecule has 0 aliphatic heterocycles. The summed E-state index contributed by atoms with van der Waals surface area (Å²) in [7, 11) is 0. The van der Waals surface area contributed by atoms with Gasteiger partial charge in [0.1, 0.15) is 0 Å². The molecule has 0 saturated heterocycles. The van der Waals surface area contributed by atoms with E-state index in [0.29, 0.717) is 23.7 Å². The van der Waals surface area contributed by atoms with Gasteiger partial charge in [-0.1, -0.05) is 91.8 Å². The van der Waals surface area contributed by atoms with E-state index in [1.807, 2.05) is 12.4 Å². The maximum absolute atomic E-state index is 4.84. The molecule has 0 unspecified atom stereocenters. The molecule has 3 heteroatoms. The molecule has 2 aromatic rings. The zero-order valence-corrected chi connectivity index (χ0v) is 21.2. The number of benzene rings is 2. The van der Waals surface area contributed by atoms with Gasteiger partial charge in [-0.25, -0.2) is 0 Å². The van der Waals surface area contributed by atoms with E-state index in [4.69, 9.17) is 9.98 Å². The molecular formula is C27H40N2Ni-. The molecule has 0 saturated carbocycles. The molecule has 2 rings (SSSR count). The van der Waals surface area contributed by atoms with Gasteiger partial charge in [0, 0.05) is 12.4 Å². The Bertz CT molecular complexity index is 722. The summed E-state index contributed by atoms with van der Waals surface area (Å²) >= 11 is 0. The second kappa shape index (κ2) is 12.9. The number of para-hydroxylation sites is 2. The van der Waals surface area contributed by atoms with Crippen LogP contribution in [0.5, 0.6) is 0 Å². The van der Waals surface area contributed by atoms with E-state index in [0.717, 1.165) is 11.4 Å². The van der Waals surface area contributed by atoms with Gasteiger partial charge in [-0.15, -0.1) is 0 Å². The van der Waals surface area contributed by atoms with Crippen molar-refractivity contribution in [2.24, 2.45) is 9.98 Å². The van der Waals surface area contributed by atoms with E-state index in [9.17, 15) is 0 Å². The Morgan fingerprint density at radius 1 is 0.533 bits per heavy atom. The van der Waals surface area contributed by atoms with Crippen LogP contribution in [0.2, 0.25) is 0 Å². The van der Waals surface area contributed by atoms with E-state index >= 15 is 0 Å². The molecule has 0 aliphatic carbocycles. The molecule has 0 aliphatic rings. The molecule has 0 atom stereocenters. The Morgan fingerprint density at radius 2 is 0.767 bits per heavy atom. The zero-order chi connectivity index (χ0) is 20.8. The first kappa shape index (κ1) is 28.3. The quantitative estimate of drug-likeness (QED) is 0.229. The molecule has 0 aromatic heterocycles. The monoisotopic (exact) mass is 450 g/mol. The predicted octanol–water partition coefficient (Wildman–Crippen LogP) is 8.47. The van der Waals surface area contributed by atoms with Gasteiger partial charge in [0.2, 0.25) is 0 Å².